The maximum atomic E-state index is 5.88. The van der Waals surface area contributed by atoms with Crippen molar-refractivity contribution in [1.82, 2.24) is 9.97 Å². The zero-order valence-corrected chi connectivity index (χ0v) is 10.9. The smallest absolute Gasteiger partial charge is 0.192 e. The second kappa shape index (κ2) is 4.42. The SMILES string of the molecule is Cc1nc(C2COc3ccccc3O2)nc(N)c1C. The van der Waals surface area contributed by atoms with E-state index in [0.717, 1.165) is 17.0 Å². The third-order valence-corrected chi connectivity index (χ3v) is 3.24. The van der Waals surface area contributed by atoms with Gasteiger partial charge in [-0.3, -0.25) is 0 Å². The maximum absolute atomic E-state index is 5.88. The summed E-state index contributed by atoms with van der Waals surface area (Å²) in [5.74, 6) is 2.51. The second-order valence-corrected chi connectivity index (χ2v) is 4.54. The fourth-order valence-electron chi connectivity index (χ4n) is 1.96. The van der Waals surface area contributed by atoms with Crippen LogP contribution in [0.1, 0.15) is 23.2 Å². The van der Waals surface area contributed by atoms with Crippen molar-refractivity contribution >= 4 is 5.82 Å². The van der Waals surface area contributed by atoms with Gasteiger partial charge in [-0.15, -0.1) is 0 Å². The Morgan fingerprint density at radius 2 is 1.89 bits per heavy atom. The number of aromatic nitrogens is 2. The summed E-state index contributed by atoms with van der Waals surface area (Å²) in [6.45, 7) is 4.20. The van der Waals surface area contributed by atoms with Crippen LogP contribution in [0, 0.1) is 13.8 Å². The first-order valence-electron chi connectivity index (χ1n) is 6.14. The zero-order chi connectivity index (χ0) is 13.4. The Balaban J connectivity index is 1.93. The predicted molar refractivity (Wildman–Crippen MR) is 71.2 cm³/mol. The number of rotatable bonds is 1. The van der Waals surface area contributed by atoms with Gasteiger partial charge in [-0.2, -0.15) is 0 Å². The van der Waals surface area contributed by atoms with Crippen LogP contribution in [0.25, 0.3) is 0 Å². The molecule has 2 heterocycles. The molecule has 5 nitrogen and oxygen atoms in total. The van der Waals surface area contributed by atoms with Crippen LogP contribution < -0.4 is 15.2 Å². The Morgan fingerprint density at radius 1 is 1.16 bits per heavy atom. The molecule has 2 N–H and O–H groups in total. The third-order valence-electron chi connectivity index (χ3n) is 3.24. The lowest BCUT2D eigenvalue weighted by molar-refractivity contribution is 0.0850. The van der Waals surface area contributed by atoms with Gasteiger partial charge < -0.3 is 15.2 Å². The van der Waals surface area contributed by atoms with E-state index in [0.29, 0.717) is 24.0 Å². The number of aryl methyl sites for hydroxylation is 1. The third kappa shape index (κ3) is 2.07. The van der Waals surface area contributed by atoms with Crippen LogP contribution in [-0.4, -0.2) is 16.6 Å². The van der Waals surface area contributed by atoms with Gasteiger partial charge in [0.2, 0.25) is 0 Å². The highest BCUT2D eigenvalue weighted by molar-refractivity contribution is 5.43. The summed E-state index contributed by atoms with van der Waals surface area (Å²) in [6, 6.07) is 7.56. The number of anilines is 1. The van der Waals surface area contributed by atoms with Crippen LogP contribution >= 0.6 is 0 Å². The maximum Gasteiger partial charge on any atom is 0.192 e. The van der Waals surface area contributed by atoms with Crippen molar-refractivity contribution in [3.05, 3.63) is 41.3 Å². The number of hydrogen-bond donors (Lipinski definition) is 1. The fraction of sp³-hybridized carbons (Fsp3) is 0.286. The Hall–Kier alpha value is -2.30. The fourth-order valence-corrected chi connectivity index (χ4v) is 1.96. The van der Waals surface area contributed by atoms with Crippen molar-refractivity contribution in [3.63, 3.8) is 0 Å². The molecule has 0 aliphatic carbocycles. The molecule has 19 heavy (non-hydrogen) atoms. The van der Waals surface area contributed by atoms with E-state index in [2.05, 4.69) is 9.97 Å². The summed E-state index contributed by atoms with van der Waals surface area (Å²) in [6.07, 6.45) is -0.323. The molecular formula is C14H15N3O2. The molecule has 5 heteroatoms. The minimum absolute atomic E-state index is 0.323. The van der Waals surface area contributed by atoms with E-state index in [1.165, 1.54) is 0 Å². The molecule has 0 radical (unpaired) electrons. The summed E-state index contributed by atoms with van der Waals surface area (Å²) in [7, 11) is 0. The first-order valence-corrected chi connectivity index (χ1v) is 6.14. The van der Waals surface area contributed by atoms with Gasteiger partial charge in [0.1, 0.15) is 12.4 Å². The molecule has 0 saturated heterocycles. The number of benzene rings is 1. The number of hydrogen-bond acceptors (Lipinski definition) is 5. The molecule has 3 rings (SSSR count). The van der Waals surface area contributed by atoms with E-state index in [1.54, 1.807) is 0 Å². The number of fused-ring (bicyclic) bond motifs is 1. The number of nitrogens with zero attached hydrogens (tertiary/aromatic N) is 2. The summed E-state index contributed by atoms with van der Waals surface area (Å²) >= 11 is 0. The lowest BCUT2D eigenvalue weighted by Gasteiger charge is -2.25. The van der Waals surface area contributed by atoms with Gasteiger partial charge in [0.25, 0.3) is 0 Å². The Labute approximate surface area is 111 Å². The predicted octanol–water partition coefficient (Wildman–Crippen LogP) is 2.19. The molecule has 1 aliphatic heterocycles. The van der Waals surface area contributed by atoms with E-state index >= 15 is 0 Å². The Morgan fingerprint density at radius 3 is 2.63 bits per heavy atom. The van der Waals surface area contributed by atoms with Crippen LogP contribution in [0.2, 0.25) is 0 Å². The largest absolute Gasteiger partial charge is 0.485 e. The van der Waals surface area contributed by atoms with E-state index in [1.807, 2.05) is 38.1 Å². The van der Waals surface area contributed by atoms with Crippen molar-refractivity contribution < 1.29 is 9.47 Å². The molecule has 98 valence electrons. The summed E-state index contributed by atoms with van der Waals surface area (Å²) in [5.41, 5.74) is 7.64. The molecule has 1 aromatic heterocycles. The number of para-hydroxylation sites is 2. The van der Waals surface area contributed by atoms with Crippen molar-refractivity contribution in [2.24, 2.45) is 0 Å². The minimum atomic E-state index is -0.323. The van der Waals surface area contributed by atoms with E-state index in [-0.39, 0.29) is 6.10 Å². The van der Waals surface area contributed by atoms with Crippen LogP contribution in [0.4, 0.5) is 5.82 Å². The molecule has 0 bridgehead atoms. The molecule has 0 amide bonds. The Bertz CT molecular complexity index is 605. The quantitative estimate of drug-likeness (QED) is 0.848. The molecule has 1 unspecified atom stereocenters. The number of ether oxygens (including phenoxy) is 2. The van der Waals surface area contributed by atoms with Crippen molar-refractivity contribution in [2.75, 3.05) is 12.3 Å². The lowest BCUT2D eigenvalue weighted by Crippen LogP contribution is -2.24. The molecule has 1 aliphatic rings. The highest BCUT2D eigenvalue weighted by Gasteiger charge is 2.25. The van der Waals surface area contributed by atoms with Crippen LogP contribution in [0.3, 0.4) is 0 Å². The molecule has 0 saturated carbocycles. The topological polar surface area (TPSA) is 70.3 Å². The Kier molecular flexibility index (Phi) is 2.74. The monoisotopic (exact) mass is 257 g/mol. The van der Waals surface area contributed by atoms with Crippen LogP contribution in [0.15, 0.2) is 24.3 Å². The van der Waals surface area contributed by atoms with E-state index < -0.39 is 0 Å². The van der Waals surface area contributed by atoms with E-state index in [9.17, 15) is 0 Å². The first-order chi connectivity index (χ1) is 9.15. The highest BCUT2D eigenvalue weighted by Crippen LogP contribution is 2.35. The molecule has 1 aromatic carbocycles. The van der Waals surface area contributed by atoms with Gasteiger partial charge in [0, 0.05) is 11.3 Å². The first kappa shape index (κ1) is 11.8. The number of nitrogens with two attached hydrogens (primary N) is 1. The van der Waals surface area contributed by atoms with Crippen molar-refractivity contribution in [2.45, 2.75) is 20.0 Å². The van der Waals surface area contributed by atoms with Crippen LogP contribution in [-0.2, 0) is 0 Å². The normalized spacial score (nSPS) is 17.3. The molecule has 0 fully saturated rings. The van der Waals surface area contributed by atoms with Gasteiger partial charge in [-0.25, -0.2) is 9.97 Å². The minimum Gasteiger partial charge on any atom is -0.485 e. The highest BCUT2D eigenvalue weighted by atomic mass is 16.6. The van der Waals surface area contributed by atoms with Crippen LogP contribution in [0.5, 0.6) is 11.5 Å². The van der Waals surface area contributed by atoms with E-state index in [4.69, 9.17) is 15.2 Å². The van der Waals surface area contributed by atoms with Gasteiger partial charge >= 0.3 is 0 Å². The summed E-state index contributed by atoms with van der Waals surface area (Å²) in [4.78, 5) is 8.73. The van der Waals surface area contributed by atoms with Gasteiger partial charge in [-0.1, -0.05) is 12.1 Å². The molecule has 1 atom stereocenters. The molecule has 0 spiro atoms. The van der Waals surface area contributed by atoms with Crippen molar-refractivity contribution in [1.29, 1.82) is 0 Å². The molecular weight excluding hydrogens is 242 g/mol. The van der Waals surface area contributed by atoms with Crippen molar-refractivity contribution in [3.8, 4) is 11.5 Å². The zero-order valence-electron chi connectivity index (χ0n) is 10.9. The average molecular weight is 257 g/mol. The summed E-state index contributed by atoms with van der Waals surface area (Å²) in [5, 5.41) is 0. The second-order valence-electron chi connectivity index (χ2n) is 4.54. The van der Waals surface area contributed by atoms with Gasteiger partial charge in [0.05, 0.1) is 0 Å². The standard InChI is InChI=1S/C14H15N3O2/c1-8-9(2)16-14(17-13(8)15)12-7-18-10-5-3-4-6-11(10)19-12/h3-6,12H,7H2,1-2H3,(H2,15,16,17). The molecule has 2 aromatic rings. The average Bonchev–Trinajstić information content (AvgIpc) is 2.43. The van der Waals surface area contributed by atoms with Gasteiger partial charge in [-0.05, 0) is 26.0 Å². The van der Waals surface area contributed by atoms with Gasteiger partial charge in [0.15, 0.2) is 23.4 Å². The lowest BCUT2D eigenvalue weighted by atomic mass is 10.2. The number of nitrogen functional groups attached to an aromatic ring is 1. The summed E-state index contributed by atoms with van der Waals surface area (Å²) < 4.78 is 11.5.